The highest BCUT2D eigenvalue weighted by Crippen LogP contribution is 2.27. The molecule has 0 amide bonds. The quantitative estimate of drug-likeness (QED) is 0.619. The molecule has 1 aliphatic heterocycles. The standard InChI is InChI=1S/C9H9N3O4S/c1-2-10-9-7-4-3-6(12(13)14)5-8(7)17(15,16)11-9/h3-5H,2H2,1H3,(H,10,11). The van der Waals surface area contributed by atoms with Gasteiger partial charge >= 0.3 is 0 Å². The van der Waals surface area contributed by atoms with Crippen LogP contribution in [0.1, 0.15) is 12.5 Å². The summed E-state index contributed by atoms with van der Waals surface area (Å²) in [5.74, 6) is 0.234. The van der Waals surface area contributed by atoms with E-state index in [9.17, 15) is 18.5 Å². The topological polar surface area (TPSA) is 102 Å². The molecule has 0 radical (unpaired) electrons. The van der Waals surface area contributed by atoms with E-state index in [1.54, 1.807) is 6.92 Å². The first kappa shape index (κ1) is 11.5. The number of hydrogen-bond acceptors (Lipinski definition) is 5. The molecule has 0 aliphatic carbocycles. The number of aliphatic imine (C=N–C) groups is 1. The van der Waals surface area contributed by atoms with Crippen molar-refractivity contribution in [3.8, 4) is 0 Å². The van der Waals surface area contributed by atoms with Crippen molar-refractivity contribution in [1.82, 2.24) is 4.72 Å². The van der Waals surface area contributed by atoms with E-state index < -0.39 is 14.9 Å². The van der Waals surface area contributed by atoms with E-state index in [4.69, 9.17) is 0 Å². The summed E-state index contributed by atoms with van der Waals surface area (Å²) in [5, 5.41) is 10.6. The number of fused-ring (bicyclic) bond motifs is 1. The van der Waals surface area contributed by atoms with E-state index in [-0.39, 0.29) is 16.4 Å². The lowest BCUT2D eigenvalue weighted by Gasteiger charge is -1.96. The second kappa shape index (κ2) is 3.81. The van der Waals surface area contributed by atoms with Crippen LogP contribution < -0.4 is 4.72 Å². The lowest BCUT2D eigenvalue weighted by Crippen LogP contribution is -2.22. The number of hydrogen-bond donors (Lipinski definition) is 1. The summed E-state index contributed by atoms with van der Waals surface area (Å²) in [7, 11) is -3.72. The van der Waals surface area contributed by atoms with E-state index in [2.05, 4.69) is 9.71 Å². The van der Waals surface area contributed by atoms with Gasteiger partial charge in [-0.2, -0.15) is 0 Å². The minimum atomic E-state index is -3.72. The van der Waals surface area contributed by atoms with E-state index >= 15 is 0 Å². The Hall–Kier alpha value is -1.96. The molecule has 1 aliphatic rings. The summed E-state index contributed by atoms with van der Waals surface area (Å²) in [6, 6.07) is 3.68. The van der Waals surface area contributed by atoms with Crippen molar-refractivity contribution in [2.45, 2.75) is 11.8 Å². The van der Waals surface area contributed by atoms with Crippen molar-refractivity contribution in [2.75, 3.05) is 6.54 Å². The van der Waals surface area contributed by atoms with Gasteiger partial charge in [-0.1, -0.05) is 0 Å². The molecule has 1 N–H and O–H groups in total. The van der Waals surface area contributed by atoms with E-state index in [0.29, 0.717) is 12.1 Å². The van der Waals surface area contributed by atoms with Gasteiger partial charge in [0.15, 0.2) is 0 Å². The molecule has 1 aromatic carbocycles. The van der Waals surface area contributed by atoms with Gasteiger partial charge in [-0.3, -0.25) is 19.8 Å². The number of nitro benzene ring substituents is 1. The Morgan fingerprint density at radius 2 is 2.18 bits per heavy atom. The summed E-state index contributed by atoms with van der Waals surface area (Å²) in [6.07, 6.45) is 0. The third kappa shape index (κ3) is 1.86. The highest BCUT2D eigenvalue weighted by molar-refractivity contribution is 7.90. The smallest absolute Gasteiger partial charge is 0.268 e. The second-order valence-corrected chi connectivity index (χ2v) is 5.02. The Bertz CT molecular complexity index is 621. The van der Waals surface area contributed by atoms with Gasteiger partial charge in [0.05, 0.1) is 4.92 Å². The van der Waals surface area contributed by atoms with Gasteiger partial charge in [-0.25, -0.2) is 8.42 Å². The first-order valence-corrected chi connectivity index (χ1v) is 6.30. The molecule has 17 heavy (non-hydrogen) atoms. The van der Waals surface area contributed by atoms with Crippen molar-refractivity contribution in [1.29, 1.82) is 0 Å². The predicted molar refractivity (Wildman–Crippen MR) is 60.5 cm³/mol. The van der Waals surface area contributed by atoms with Gasteiger partial charge in [0, 0.05) is 24.2 Å². The van der Waals surface area contributed by atoms with Crippen LogP contribution in [0.25, 0.3) is 0 Å². The van der Waals surface area contributed by atoms with Crippen LogP contribution in [0.5, 0.6) is 0 Å². The molecule has 0 saturated heterocycles. The van der Waals surface area contributed by atoms with Crippen LogP contribution in [0.15, 0.2) is 28.1 Å². The number of nitrogens with one attached hydrogen (secondary N) is 1. The fourth-order valence-corrected chi connectivity index (χ4v) is 2.82. The minimum absolute atomic E-state index is 0.0982. The average molecular weight is 255 g/mol. The SMILES string of the molecule is CCN=C1NS(=O)(=O)c2cc([N+](=O)[O-])ccc21. The summed E-state index contributed by atoms with van der Waals surface area (Å²) >= 11 is 0. The molecule has 0 spiro atoms. The Morgan fingerprint density at radius 1 is 1.47 bits per heavy atom. The normalized spacial score (nSPS) is 18.8. The molecule has 8 heteroatoms. The number of rotatable bonds is 2. The molecule has 2 rings (SSSR count). The number of amidine groups is 1. The van der Waals surface area contributed by atoms with Gasteiger partial charge < -0.3 is 0 Å². The molecule has 0 bridgehead atoms. The third-order valence-corrected chi connectivity index (χ3v) is 3.65. The molecule has 0 unspecified atom stereocenters. The fraction of sp³-hybridized carbons (Fsp3) is 0.222. The number of nitrogens with zero attached hydrogens (tertiary/aromatic N) is 2. The van der Waals surface area contributed by atoms with Crippen LogP contribution >= 0.6 is 0 Å². The molecular weight excluding hydrogens is 246 g/mol. The molecule has 0 atom stereocenters. The van der Waals surface area contributed by atoms with Crippen LogP contribution in [0, 0.1) is 10.1 Å². The van der Waals surface area contributed by atoms with Crippen LogP contribution in [-0.2, 0) is 10.0 Å². The Morgan fingerprint density at radius 3 is 2.76 bits per heavy atom. The fourth-order valence-electron chi connectivity index (χ4n) is 1.56. The van der Waals surface area contributed by atoms with Gasteiger partial charge in [0.1, 0.15) is 10.7 Å². The lowest BCUT2D eigenvalue weighted by molar-refractivity contribution is -0.385. The van der Waals surface area contributed by atoms with E-state index in [1.165, 1.54) is 12.1 Å². The molecule has 1 aromatic rings. The van der Waals surface area contributed by atoms with Crippen molar-refractivity contribution in [2.24, 2.45) is 4.99 Å². The maximum Gasteiger partial charge on any atom is 0.270 e. The van der Waals surface area contributed by atoms with Crippen molar-refractivity contribution < 1.29 is 13.3 Å². The Labute approximate surface area is 97.4 Å². The van der Waals surface area contributed by atoms with Crippen LogP contribution in [0.4, 0.5) is 5.69 Å². The Balaban J connectivity index is 2.66. The first-order chi connectivity index (χ1) is 7.95. The van der Waals surface area contributed by atoms with Crippen molar-refractivity contribution >= 4 is 21.5 Å². The largest absolute Gasteiger partial charge is 0.270 e. The number of benzene rings is 1. The van der Waals surface area contributed by atoms with Gasteiger partial charge in [0.25, 0.3) is 15.7 Å². The summed E-state index contributed by atoms with van der Waals surface area (Å²) in [5.41, 5.74) is 0.115. The summed E-state index contributed by atoms with van der Waals surface area (Å²) in [4.78, 5) is 13.8. The van der Waals surface area contributed by atoms with Gasteiger partial charge in [-0.05, 0) is 13.0 Å². The number of non-ortho nitro benzene ring substituents is 1. The Kier molecular flexibility index (Phi) is 2.58. The highest BCUT2D eigenvalue weighted by Gasteiger charge is 2.32. The molecule has 0 fully saturated rings. The highest BCUT2D eigenvalue weighted by atomic mass is 32.2. The van der Waals surface area contributed by atoms with Crippen LogP contribution in [-0.4, -0.2) is 25.7 Å². The molecule has 0 aromatic heterocycles. The monoisotopic (exact) mass is 255 g/mol. The van der Waals surface area contributed by atoms with Crippen molar-refractivity contribution in [3.05, 3.63) is 33.9 Å². The molecule has 7 nitrogen and oxygen atoms in total. The summed E-state index contributed by atoms with van der Waals surface area (Å²) in [6.45, 7) is 2.19. The number of nitro groups is 1. The number of sulfonamides is 1. The molecule has 90 valence electrons. The third-order valence-electron chi connectivity index (χ3n) is 2.27. The maximum atomic E-state index is 11.7. The first-order valence-electron chi connectivity index (χ1n) is 4.82. The second-order valence-electron chi connectivity index (χ2n) is 3.37. The van der Waals surface area contributed by atoms with Crippen LogP contribution in [0.3, 0.4) is 0 Å². The van der Waals surface area contributed by atoms with Crippen LogP contribution in [0.2, 0.25) is 0 Å². The summed E-state index contributed by atoms with van der Waals surface area (Å²) < 4.78 is 25.7. The lowest BCUT2D eigenvalue weighted by atomic mass is 10.2. The van der Waals surface area contributed by atoms with Gasteiger partial charge in [0.2, 0.25) is 0 Å². The molecule has 1 heterocycles. The van der Waals surface area contributed by atoms with Gasteiger partial charge in [-0.15, -0.1) is 0 Å². The predicted octanol–water partition coefficient (Wildman–Crippen LogP) is 0.653. The minimum Gasteiger partial charge on any atom is -0.268 e. The zero-order chi connectivity index (χ0) is 12.6. The van der Waals surface area contributed by atoms with E-state index in [1.807, 2.05) is 0 Å². The average Bonchev–Trinajstić information content (AvgIpc) is 2.51. The maximum absolute atomic E-state index is 11.7. The molecular formula is C9H9N3O4S. The molecule has 0 saturated carbocycles. The zero-order valence-electron chi connectivity index (χ0n) is 8.87. The van der Waals surface area contributed by atoms with Crippen molar-refractivity contribution in [3.63, 3.8) is 0 Å². The van der Waals surface area contributed by atoms with E-state index in [0.717, 1.165) is 6.07 Å². The zero-order valence-corrected chi connectivity index (χ0v) is 9.69.